The normalized spacial score (nSPS) is 13.3. The maximum Gasteiger partial charge on any atom is 0.336 e. The quantitative estimate of drug-likeness (QED) is 0.246. The fourth-order valence-corrected chi connectivity index (χ4v) is 4.91. The molecule has 1 aliphatic heterocycles. The highest BCUT2D eigenvalue weighted by atomic mass is 32.2. The summed E-state index contributed by atoms with van der Waals surface area (Å²) in [6, 6.07) is 20.3. The number of morpholine rings is 1. The largest absolute Gasteiger partial charge is 0.378 e. The monoisotopic (exact) mass is 530 g/mol. The van der Waals surface area contributed by atoms with E-state index in [0.29, 0.717) is 30.4 Å². The van der Waals surface area contributed by atoms with Crippen LogP contribution in [0.4, 0.5) is 22.0 Å². The van der Waals surface area contributed by atoms with Crippen molar-refractivity contribution in [1.82, 2.24) is 15.0 Å². The molecular formula is C27H26N6O2S2. The van der Waals surface area contributed by atoms with Crippen LogP contribution in [0.25, 0.3) is 22.6 Å². The summed E-state index contributed by atoms with van der Waals surface area (Å²) in [5.41, 5.74) is 3.93. The molecule has 0 saturated carbocycles. The van der Waals surface area contributed by atoms with Gasteiger partial charge in [-0.25, -0.2) is 19.1 Å². The molecule has 8 nitrogen and oxygen atoms in total. The zero-order chi connectivity index (χ0) is 25.6. The number of nitrogens with zero attached hydrogens (tertiary/aromatic N) is 5. The number of pyridine rings is 1. The number of urea groups is 1. The number of aromatic nitrogens is 3. The van der Waals surface area contributed by atoms with Crippen LogP contribution in [0.15, 0.2) is 84.0 Å². The van der Waals surface area contributed by atoms with Crippen molar-refractivity contribution in [3.8, 4) is 22.6 Å². The Morgan fingerprint density at radius 1 is 1.00 bits per heavy atom. The van der Waals surface area contributed by atoms with Gasteiger partial charge in [0.15, 0.2) is 5.82 Å². The van der Waals surface area contributed by atoms with Crippen LogP contribution in [0, 0.1) is 0 Å². The second-order valence-electron chi connectivity index (χ2n) is 8.25. The van der Waals surface area contributed by atoms with Gasteiger partial charge in [-0.2, -0.15) is 0 Å². The van der Waals surface area contributed by atoms with Gasteiger partial charge in [-0.1, -0.05) is 31.0 Å². The second-order valence-corrected chi connectivity index (χ2v) is 9.47. The minimum atomic E-state index is -0.351. The fourth-order valence-electron chi connectivity index (χ4n) is 4.01. The average Bonchev–Trinajstić information content (AvgIpc) is 2.97. The maximum atomic E-state index is 12.6. The number of thioether (sulfide) groups is 1. The molecular weight excluding hydrogens is 504 g/mol. The summed E-state index contributed by atoms with van der Waals surface area (Å²) in [5, 5.41) is 2.83. The van der Waals surface area contributed by atoms with Gasteiger partial charge in [0.1, 0.15) is 5.82 Å². The molecule has 5 rings (SSSR count). The molecule has 1 N–H and O–H groups in total. The highest BCUT2D eigenvalue weighted by Gasteiger charge is 2.23. The summed E-state index contributed by atoms with van der Waals surface area (Å²) in [5.74, 6) is 1.49. The van der Waals surface area contributed by atoms with E-state index in [4.69, 9.17) is 14.7 Å². The molecule has 1 saturated heterocycles. The highest BCUT2D eigenvalue weighted by molar-refractivity contribution is 7.98. The van der Waals surface area contributed by atoms with Crippen LogP contribution in [-0.2, 0) is 4.74 Å². The van der Waals surface area contributed by atoms with Crippen LogP contribution in [0.3, 0.4) is 0 Å². The Hall–Kier alpha value is -3.60. The van der Waals surface area contributed by atoms with Crippen molar-refractivity contribution in [1.29, 1.82) is 0 Å². The Morgan fingerprint density at radius 3 is 2.43 bits per heavy atom. The van der Waals surface area contributed by atoms with Crippen molar-refractivity contribution < 1.29 is 9.53 Å². The molecule has 4 aromatic rings. The molecule has 1 fully saturated rings. The Balaban J connectivity index is 1.48. The van der Waals surface area contributed by atoms with Crippen LogP contribution >= 0.6 is 24.6 Å². The number of rotatable bonds is 6. The Kier molecular flexibility index (Phi) is 7.88. The van der Waals surface area contributed by atoms with E-state index >= 15 is 0 Å². The van der Waals surface area contributed by atoms with Gasteiger partial charge >= 0.3 is 6.03 Å². The van der Waals surface area contributed by atoms with Gasteiger partial charge in [-0.15, -0.1) is 11.8 Å². The maximum absolute atomic E-state index is 12.6. The molecule has 2 amide bonds. The smallest absolute Gasteiger partial charge is 0.336 e. The molecule has 2 aromatic carbocycles. The molecule has 37 heavy (non-hydrogen) atoms. The first-order chi connectivity index (χ1) is 18.1. The van der Waals surface area contributed by atoms with Gasteiger partial charge in [-0.05, 0) is 54.8 Å². The number of anilines is 3. The van der Waals surface area contributed by atoms with E-state index in [1.807, 2.05) is 79.2 Å². The minimum Gasteiger partial charge on any atom is -0.378 e. The summed E-state index contributed by atoms with van der Waals surface area (Å²) in [7, 11) is 0. The molecule has 3 heterocycles. The third-order valence-corrected chi connectivity index (χ3v) is 7.08. The number of thiol groups is 1. The number of carbonyl (C=O) groups is 1. The van der Waals surface area contributed by atoms with Crippen molar-refractivity contribution in [3.63, 3.8) is 0 Å². The van der Waals surface area contributed by atoms with Crippen LogP contribution < -0.4 is 14.5 Å². The number of benzene rings is 2. The summed E-state index contributed by atoms with van der Waals surface area (Å²) in [6.45, 7) is 2.85. The van der Waals surface area contributed by atoms with Gasteiger partial charge in [0.2, 0.25) is 0 Å². The fraction of sp³-hybridized carbons (Fsp3) is 0.185. The highest BCUT2D eigenvalue weighted by Crippen LogP contribution is 2.37. The van der Waals surface area contributed by atoms with E-state index in [1.165, 1.54) is 4.31 Å². The topological polar surface area (TPSA) is 83.5 Å². The van der Waals surface area contributed by atoms with E-state index < -0.39 is 0 Å². The van der Waals surface area contributed by atoms with E-state index in [-0.39, 0.29) is 6.03 Å². The molecule has 0 unspecified atom stereocenters. The first-order valence-corrected chi connectivity index (χ1v) is 13.4. The lowest BCUT2D eigenvalue weighted by atomic mass is 10.1. The average molecular weight is 531 g/mol. The van der Waals surface area contributed by atoms with Crippen molar-refractivity contribution in [2.24, 2.45) is 0 Å². The molecule has 0 aliphatic carbocycles. The molecule has 0 atom stereocenters. The van der Waals surface area contributed by atoms with Gasteiger partial charge in [0, 0.05) is 42.3 Å². The molecule has 188 valence electrons. The van der Waals surface area contributed by atoms with Crippen molar-refractivity contribution in [2.45, 2.75) is 4.90 Å². The zero-order valence-corrected chi connectivity index (χ0v) is 22.0. The molecule has 0 radical (unpaired) electrons. The van der Waals surface area contributed by atoms with Crippen LogP contribution in [-0.4, -0.2) is 53.5 Å². The molecule has 0 spiro atoms. The number of carbonyl (C=O) groups excluding carboxylic acids is 1. The lowest BCUT2D eigenvalue weighted by Gasteiger charge is -2.30. The number of hydrogen-bond donors (Lipinski definition) is 2. The van der Waals surface area contributed by atoms with Gasteiger partial charge in [0.25, 0.3) is 0 Å². The standard InChI is InChI=1S/C27H26N6O2S2/c1-37-24-23(20-6-5-13-28-18-20)30-25(31-26(24)32-14-16-35-17-15-32)19-9-11-22(12-10-19)33(36)27(34)29-21-7-3-2-4-8-21/h2-13,18,36H,14-17H2,1H3,(H,29,34). The van der Waals surface area contributed by atoms with Gasteiger partial charge in [-0.3, -0.25) is 4.98 Å². The predicted molar refractivity (Wildman–Crippen MR) is 152 cm³/mol. The van der Waals surface area contributed by atoms with E-state index in [9.17, 15) is 4.79 Å². The van der Waals surface area contributed by atoms with Crippen LogP contribution in [0.1, 0.15) is 0 Å². The van der Waals surface area contributed by atoms with Crippen LogP contribution in [0.2, 0.25) is 0 Å². The summed E-state index contributed by atoms with van der Waals surface area (Å²) in [6.07, 6.45) is 5.62. The lowest BCUT2D eigenvalue weighted by molar-refractivity contribution is 0.122. The molecule has 2 aromatic heterocycles. The zero-order valence-electron chi connectivity index (χ0n) is 20.2. The Morgan fingerprint density at radius 2 is 1.76 bits per heavy atom. The van der Waals surface area contributed by atoms with Gasteiger partial charge in [0.05, 0.1) is 29.5 Å². The number of nitrogens with one attached hydrogen (secondary N) is 1. The number of ether oxygens (including phenoxy) is 1. The predicted octanol–water partition coefficient (Wildman–Crippen LogP) is 5.65. The number of para-hydroxylation sites is 1. The summed E-state index contributed by atoms with van der Waals surface area (Å²) < 4.78 is 6.84. The van der Waals surface area contributed by atoms with Crippen molar-refractivity contribution >= 4 is 47.8 Å². The van der Waals surface area contributed by atoms with Crippen LogP contribution in [0.5, 0.6) is 0 Å². The Labute approximate surface area is 225 Å². The van der Waals surface area contributed by atoms with Crippen molar-refractivity contribution in [3.05, 3.63) is 79.1 Å². The van der Waals surface area contributed by atoms with Gasteiger partial charge < -0.3 is 15.0 Å². The molecule has 10 heteroatoms. The summed E-state index contributed by atoms with van der Waals surface area (Å²) in [4.78, 5) is 30.2. The van der Waals surface area contributed by atoms with E-state index in [1.54, 1.807) is 18.0 Å². The SMILES string of the molecule is CSc1c(-c2cccnc2)nc(-c2ccc(N(S)C(=O)Nc3ccccc3)cc2)nc1N1CCOCC1. The first-order valence-electron chi connectivity index (χ1n) is 11.8. The molecule has 1 aliphatic rings. The van der Waals surface area contributed by atoms with Crippen molar-refractivity contribution in [2.75, 3.05) is 47.1 Å². The second kappa shape index (κ2) is 11.6. The lowest BCUT2D eigenvalue weighted by Crippen LogP contribution is -2.37. The third-order valence-electron chi connectivity index (χ3n) is 5.88. The van der Waals surface area contributed by atoms with E-state index in [2.05, 4.69) is 28.0 Å². The minimum absolute atomic E-state index is 0.351. The summed E-state index contributed by atoms with van der Waals surface area (Å²) >= 11 is 6.03. The Bertz CT molecular complexity index is 1350. The third kappa shape index (κ3) is 5.71. The molecule has 0 bridgehead atoms. The number of hydrogen-bond acceptors (Lipinski definition) is 8. The first kappa shape index (κ1) is 25.1. The number of amides is 2. The van der Waals surface area contributed by atoms with E-state index in [0.717, 1.165) is 40.6 Å².